The van der Waals surface area contributed by atoms with Gasteiger partial charge in [0.25, 0.3) is 11.6 Å². The van der Waals surface area contributed by atoms with E-state index in [1.165, 1.54) is 24.3 Å². The van der Waals surface area contributed by atoms with E-state index in [-0.39, 0.29) is 28.7 Å². The number of nitro benzene ring substituents is 1. The van der Waals surface area contributed by atoms with Crippen LogP contribution in [0.4, 0.5) is 5.69 Å². The number of sulfone groups is 1. The Balaban J connectivity index is 1.85. The van der Waals surface area contributed by atoms with Gasteiger partial charge in [0.15, 0.2) is 9.84 Å². The van der Waals surface area contributed by atoms with Crippen molar-refractivity contribution in [1.29, 1.82) is 0 Å². The van der Waals surface area contributed by atoms with Crippen molar-refractivity contribution in [2.45, 2.75) is 18.9 Å². The molecule has 1 amide bonds. The van der Waals surface area contributed by atoms with Gasteiger partial charge >= 0.3 is 0 Å². The van der Waals surface area contributed by atoms with E-state index in [0.29, 0.717) is 19.4 Å². The number of benzene rings is 2. The summed E-state index contributed by atoms with van der Waals surface area (Å²) in [4.78, 5) is 25.0. The number of non-ortho nitro benzene ring substituents is 1. The Morgan fingerprint density at radius 3 is 2.52 bits per heavy atom. The van der Waals surface area contributed by atoms with Gasteiger partial charge in [0.2, 0.25) is 0 Å². The maximum Gasteiger partial charge on any atom is 0.270 e. The van der Waals surface area contributed by atoms with Crippen molar-refractivity contribution in [3.05, 3.63) is 75.8 Å². The summed E-state index contributed by atoms with van der Waals surface area (Å²) in [5.41, 5.74) is 1.07. The van der Waals surface area contributed by atoms with Gasteiger partial charge in [-0.2, -0.15) is 0 Å². The number of hydrogen-bond donors (Lipinski definition) is 0. The van der Waals surface area contributed by atoms with Gasteiger partial charge < -0.3 is 4.90 Å². The Morgan fingerprint density at radius 1 is 1.15 bits per heavy atom. The largest absolute Gasteiger partial charge is 0.334 e. The Labute approximate surface area is 157 Å². The van der Waals surface area contributed by atoms with Crippen molar-refractivity contribution in [2.24, 2.45) is 0 Å². The molecule has 0 aromatic heterocycles. The molecule has 0 saturated carbocycles. The van der Waals surface area contributed by atoms with Crippen molar-refractivity contribution in [2.75, 3.05) is 18.1 Å². The van der Waals surface area contributed by atoms with Crippen LogP contribution >= 0.6 is 0 Å². The van der Waals surface area contributed by atoms with E-state index in [1.54, 1.807) is 4.90 Å². The second-order valence-electron chi connectivity index (χ2n) is 6.60. The average molecular weight is 388 g/mol. The molecule has 0 radical (unpaired) electrons. The van der Waals surface area contributed by atoms with Crippen LogP contribution in [0.3, 0.4) is 0 Å². The molecule has 2 aromatic carbocycles. The molecule has 3 rings (SSSR count). The smallest absolute Gasteiger partial charge is 0.270 e. The molecule has 0 spiro atoms. The molecule has 2 aromatic rings. The molecular weight excluding hydrogens is 368 g/mol. The SMILES string of the molecule is O=C(c1cccc([N+](=O)[O-])c1)N(CCc1ccccc1)[C@H]1CCS(=O)(=O)C1. The Morgan fingerprint density at radius 2 is 1.89 bits per heavy atom. The molecule has 142 valence electrons. The minimum Gasteiger partial charge on any atom is -0.334 e. The van der Waals surface area contributed by atoms with E-state index in [0.717, 1.165) is 5.56 Å². The van der Waals surface area contributed by atoms with Crippen molar-refractivity contribution in [3.63, 3.8) is 0 Å². The first-order chi connectivity index (χ1) is 12.9. The van der Waals surface area contributed by atoms with Crippen LogP contribution in [0.5, 0.6) is 0 Å². The fourth-order valence-electron chi connectivity index (χ4n) is 3.28. The predicted molar refractivity (Wildman–Crippen MR) is 101 cm³/mol. The van der Waals surface area contributed by atoms with Gasteiger partial charge in [0.1, 0.15) is 0 Å². The number of nitro groups is 1. The number of carbonyl (C=O) groups is 1. The van der Waals surface area contributed by atoms with Gasteiger partial charge in [0.05, 0.1) is 16.4 Å². The zero-order valence-corrected chi connectivity index (χ0v) is 15.5. The molecule has 1 heterocycles. The molecular formula is C19H20N2O5S. The summed E-state index contributed by atoms with van der Waals surface area (Å²) >= 11 is 0. The highest BCUT2D eigenvalue weighted by Gasteiger charge is 2.35. The first-order valence-electron chi connectivity index (χ1n) is 8.65. The van der Waals surface area contributed by atoms with Crippen LogP contribution in [-0.4, -0.2) is 48.2 Å². The highest BCUT2D eigenvalue weighted by molar-refractivity contribution is 7.91. The van der Waals surface area contributed by atoms with Crippen LogP contribution in [0.1, 0.15) is 22.3 Å². The van der Waals surface area contributed by atoms with E-state index in [2.05, 4.69) is 0 Å². The standard InChI is InChI=1S/C19H20N2O5S/c22-19(16-7-4-8-17(13-16)21(23)24)20(18-10-12-27(25,26)14-18)11-9-15-5-2-1-3-6-15/h1-8,13,18H,9-12,14H2/t18-/m0/s1. The molecule has 1 fully saturated rings. The zero-order chi connectivity index (χ0) is 19.4. The van der Waals surface area contributed by atoms with Gasteiger partial charge in [-0.25, -0.2) is 8.42 Å². The van der Waals surface area contributed by atoms with Gasteiger partial charge in [-0.15, -0.1) is 0 Å². The van der Waals surface area contributed by atoms with Crippen LogP contribution in [0.25, 0.3) is 0 Å². The maximum atomic E-state index is 13.0. The molecule has 1 saturated heterocycles. The van der Waals surface area contributed by atoms with E-state index < -0.39 is 20.8 Å². The van der Waals surface area contributed by atoms with Gasteiger partial charge in [-0.05, 0) is 24.5 Å². The Bertz CT molecular complexity index is 944. The number of carbonyl (C=O) groups excluding carboxylic acids is 1. The highest BCUT2D eigenvalue weighted by atomic mass is 32.2. The Hall–Kier alpha value is -2.74. The third kappa shape index (κ3) is 4.71. The molecule has 1 aliphatic rings. The lowest BCUT2D eigenvalue weighted by Gasteiger charge is -2.28. The molecule has 1 atom stereocenters. The maximum absolute atomic E-state index is 13.0. The normalized spacial score (nSPS) is 18.1. The van der Waals surface area contributed by atoms with Crippen LogP contribution in [0.2, 0.25) is 0 Å². The minimum atomic E-state index is -3.16. The van der Waals surface area contributed by atoms with Gasteiger partial charge in [-0.1, -0.05) is 36.4 Å². The van der Waals surface area contributed by atoms with E-state index in [4.69, 9.17) is 0 Å². The summed E-state index contributed by atoms with van der Waals surface area (Å²) < 4.78 is 23.8. The van der Waals surface area contributed by atoms with Crippen LogP contribution in [0, 0.1) is 10.1 Å². The molecule has 7 nitrogen and oxygen atoms in total. The monoisotopic (exact) mass is 388 g/mol. The topological polar surface area (TPSA) is 97.6 Å². The first-order valence-corrected chi connectivity index (χ1v) is 10.5. The molecule has 27 heavy (non-hydrogen) atoms. The van der Waals surface area contributed by atoms with E-state index in [1.807, 2.05) is 30.3 Å². The molecule has 0 bridgehead atoms. The van der Waals surface area contributed by atoms with Gasteiger partial charge in [0, 0.05) is 30.3 Å². The lowest BCUT2D eigenvalue weighted by molar-refractivity contribution is -0.384. The summed E-state index contributed by atoms with van der Waals surface area (Å²) in [6.45, 7) is 0.353. The van der Waals surface area contributed by atoms with Crippen molar-refractivity contribution < 1.29 is 18.1 Å². The number of rotatable bonds is 6. The third-order valence-electron chi connectivity index (χ3n) is 4.70. The predicted octanol–water partition coefficient (Wildman–Crippen LogP) is 2.47. The molecule has 8 heteroatoms. The second kappa shape index (κ2) is 7.87. The van der Waals surface area contributed by atoms with Gasteiger partial charge in [-0.3, -0.25) is 14.9 Å². The molecule has 1 aliphatic heterocycles. The lowest BCUT2D eigenvalue weighted by atomic mass is 10.1. The van der Waals surface area contributed by atoms with Crippen LogP contribution < -0.4 is 0 Å². The van der Waals surface area contributed by atoms with E-state index >= 15 is 0 Å². The second-order valence-corrected chi connectivity index (χ2v) is 8.83. The average Bonchev–Trinajstić information content (AvgIpc) is 3.02. The fourth-order valence-corrected chi connectivity index (χ4v) is 5.01. The first kappa shape index (κ1) is 19.0. The summed E-state index contributed by atoms with van der Waals surface area (Å²) in [6.07, 6.45) is 0.968. The summed E-state index contributed by atoms with van der Waals surface area (Å²) in [5, 5.41) is 11.0. The van der Waals surface area contributed by atoms with Crippen LogP contribution in [-0.2, 0) is 16.3 Å². The Kier molecular flexibility index (Phi) is 5.55. The molecule has 0 N–H and O–H groups in total. The molecule has 0 unspecified atom stereocenters. The van der Waals surface area contributed by atoms with Crippen molar-refractivity contribution in [3.8, 4) is 0 Å². The summed E-state index contributed by atoms with van der Waals surface area (Å²) in [7, 11) is -3.16. The summed E-state index contributed by atoms with van der Waals surface area (Å²) in [6, 6.07) is 14.7. The highest BCUT2D eigenvalue weighted by Crippen LogP contribution is 2.22. The number of hydrogen-bond acceptors (Lipinski definition) is 5. The number of nitrogens with zero attached hydrogens (tertiary/aromatic N) is 2. The lowest BCUT2D eigenvalue weighted by Crippen LogP contribution is -2.42. The van der Waals surface area contributed by atoms with Crippen molar-refractivity contribution in [1.82, 2.24) is 4.90 Å². The van der Waals surface area contributed by atoms with Crippen LogP contribution in [0.15, 0.2) is 54.6 Å². The molecule has 0 aliphatic carbocycles. The van der Waals surface area contributed by atoms with Crippen molar-refractivity contribution >= 4 is 21.4 Å². The summed E-state index contributed by atoms with van der Waals surface area (Å²) in [5.74, 6) is -0.388. The quantitative estimate of drug-likeness (QED) is 0.559. The van der Waals surface area contributed by atoms with E-state index in [9.17, 15) is 23.3 Å². The third-order valence-corrected chi connectivity index (χ3v) is 6.45. The number of amides is 1. The fraction of sp³-hybridized carbons (Fsp3) is 0.316. The minimum absolute atomic E-state index is 0.0573. The zero-order valence-electron chi connectivity index (χ0n) is 14.7.